The van der Waals surface area contributed by atoms with E-state index >= 15 is 0 Å². The van der Waals surface area contributed by atoms with Crippen molar-refractivity contribution in [1.29, 1.82) is 0 Å². The molecule has 4 nitrogen and oxygen atoms in total. The third kappa shape index (κ3) is 10.3. The van der Waals surface area contributed by atoms with Crippen molar-refractivity contribution in [1.82, 2.24) is 0 Å². The molecule has 1 atom stereocenters. The van der Waals surface area contributed by atoms with Crippen molar-refractivity contribution in [2.45, 2.75) is 0 Å². The van der Waals surface area contributed by atoms with Gasteiger partial charge >= 0.3 is 51.4 Å². The van der Waals surface area contributed by atoms with Gasteiger partial charge < -0.3 is 28.2 Å². The summed E-state index contributed by atoms with van der Waals surface area (Å²) in [6, 6.07) is 8.60. The van der Waals surface area contributed by atoms with Crippen molar-refractivity contribution in [3.63, 3.8) is 0 Å². The van der Waals surface area contributed by atoms with Crippen LogP contribution in [0, 0.1) is 12.8 Å². The van der Waals surface area contributed by atoms with Crippen LogP contribution in [0.25, 0.3) is 10.6 Å². The third-order valence-corrected chi connectivity index (χ3v) is 5.74. The van der Waals surface area contributed by atoms with Crippen molar-refractivity contribution in [3.05, 3.63) is 41.8 Å². The first kappa shape index (κ1) is 24.1. The zero-order chi connectivity index (χ0) is 17.0. The van der Waals surface area contributed by atoms with Gasteiger partial charge in [-0.2, -0.15) is 36.6 Å². The van der Waals surface area contributed by atoms with Crippen LogP contribution in [0.2, 0.25) is 0 Å². The van der Waals surface area contributed by atoms with Crippen LogP contribution in [0.5, 0.6) is 0 Å². The second-order valence-electron chi connectivity index (χ2n) is 5.85. The van der Waals surface area contributed by atoms with Crippen molar-refractivity contribution < 1.29 is 51.4 Å². The van der Waals surface area contributed by atoms with Gasteiger partial charge in [-0.25, -0.2) is 5.92 Å². The first-order valence-corrected chi connectivity index (χ1v) is 10.9. The Hall–Kier alpha value is 1.08. The van der Waals surface area contributed by atoms with Crippen LogP contribution in [0.3, 0.4) is 0 Å². The first-order chi connectivity index (χ1) is 11.8. The molecule has 1 fully saturated rings. The predicted molar refractivity (Wildman–Crippen MR) is 112 cm³/mol. The number of anilines is 1. The zero-order valence-corrected chi connectivity index (χ0v) is 20.2. The standard InChI is InChI=1S/C18H29N4S2.K/c1-16(14-20-7-11-23-10-6-19)15-21-17-2-4-18(5-3-17)22-8-12-24-13-9-22;/h2-5,16H,1,6-15,19H2;/q-3;+1. The Balaban J connectivity index is 0.00000312. The van der Waals surface area contributed by atoms with E-state index in [9.17, 15) is 0 Å². The van der Waals surface area contributed by atoms with Crippen LogP contribution in [-0.2, 0) is 0 Å². The van der Waals surface area contributed by atoms with Crippen LogP contribution < -0.4 is 62.0 Å². The summed E-state index contributed by atoms with van der Waals surface area (Å²) in [6.07, 6.45) is 0. The summed E-state index contributed by atoms with van der Waals surface area (Å²) in [5.74, 6) is 4.78. The number of hydrogen-bond donors (Lipinski definition) is 1. The van der Waals surface area contributed by atoms with Crippen LogP contribution in [-0.4, -0.2) is 62.3 Å². The van der Waals surface area contributed by atoms with Gasteiger partial charge in [0.2, 0.25) is 0 Å². The van der Waals surface area contributed by atoms with Gasteiger partial charge in [0.05, 0.1) is 0 Å². The molecule has 0 aliphatic carbocycles. The third-order valence-electron chi connectivity index (χ3n) is 3.80. The fourth-order valence-electron chi connectivity index (χ4n) is 2.47. The van der Waals surface area contributed by atoms with Gasteiger partial charge in [-0.15, -0.1) is 12.2 Å². The fraction of sp³-hybridized carbons (Fsp3) is 0.611. The Kier molecular flexibility index (Phi) is 14.5. The van der Waals surface area contributed by atoms with Crippen LogP contribution in [0.4, 0.5) is 11.4 Å². The Labute approximate surface area is 204 Å². The molecule has 0 aromatic heterocycles. The molecule has 1 saturated heterocycles. The van der Waals surface area contributed by atoms with Crippen molar-refractivity contribution >= 4 is 34.9 Å². The van der Waals surface area contributed by atoms with Crippen molar-refractivity contribution in [3.8, 4) is 0 Å². The smallest absolute Gasteiger partial charge is 0.686 e. The SMILES string of the molecule is [CH2-]C(C[N-]CCSCCN)C[N-]c1ccc(N2CCSCC2)cc1.[K+]. The van der Waals surface area contributed by atoms with Gasteiger partial charge in [-0.1, -0.05) is 12.1 Å². The van der Waals surface area contributed by atoms with Crippen LogP contribution in [0.15, 0.2) is 24.3 Å². The molecule has 2 rings (SSSR count). The first-order valence-electron chi connectivity index (χ1n) is 8.64. The van der Waals surface area contributed by atoms with Gasteiger partial charge in [0.1, 0.15) is 0 Å². The van der Waals surface area contributed by atoms with E-state index in [1.807, 2.05) is 23.5 Å². The largest absolute Gasteiger partial charge is 1.00 e. The Morgan fingerprint density at radius 2 is 1.88 bits per heavy atom. The minimum atomic E-state index is 0. The van der Waals surface area contributed by atoms with Gasteiger partial charge in [0.15, 0.2) is 0 Å². The summed E-state index contributed by atoms with van der Waals surface area (Å²) in [7, 11) is 0. The molecule has 1 aliphatic rings. The maximum Gasteiger partial charge on any atom is 1.00 e. The number of nitrogens with two attached hydrogens (primary N) is 1. The topological polar surface area (TPSA) is 57.5 Å². The molecule has 1 aromatic carbocycles. The van der Waals surface area contributed by atoms with Gasteiger partial charge in [-0.05, 0) is 17.9 Å². The number of benzene rings is 1. The van der Waals surface area contributed by atoms with E-state index in [1.165, 1.54) is 17.2 Å². The van der Waals surface area contributed by atoms with E-state index in [4.69, 9.17) is 5.73 Å². The molecule has 7 heteroatoms. The van der Waals surface area contributed by atoms with Gasteiger partial charge in [0.25, 0.3) is 0 Å². The van der Waals surface area contributed by atoms with Crippen LogP contribution >= 0.6 is 23.5 Å². The Morgan fingerprint density at radius 3 is 2.56 bits per heavy atom. The molecule has 0 bridgehead atoms. The maximum atomic E-state index is 5.46. The molecular formula is C18H29KN4S2-2. The Morgan fingerprint density at radius 1 is 1.16 bits per heavy atom. The molecule has 0 spiro atoms. The summed E-state index contributed by atoms with van der Waals surface area (Å²) in [5.41, 5.74) is 7.81. The average Bonchev–Trinajstić information content (AvgIpc) is 2.64. The van der Waals surface area contributed by atoms with E-state index in [1.54, 1.807) is 0 Å². The van der Waals surface area contributed by atoms with E-state index < -0.39 is 0 Å². The summed E-state index contributed by atoms with van der Waals surface area (Å²) < 4.78 is 0. The van der Waals surface area contributed by atoms with Crippen molar-refractivity contribution in [2.75, 3.05) is 67.2 Å². The number of thioether (sulfide) groups is 2. The molecule has 0 amide bonds. The molecule has 0 radical (unpaired) electrons. The number of nitrogens with zero attached hydrogens (tertiary/aromatic N) is 3. The fourth-order valence-corrected chi connectivity index (χ4v) is 4.00. The van der Waals surface area contributed by atoms with E-state index in [2.05, 4.69) is 46.7 Å². The van der Waals surface area contributed by atoms with Crippen LogP contribution in [0.1, 0.15) is 0 Å². The molecule has 1 unspecified atom stereocenters. The molecule has 1 aliphatic heterocycles. The summed E-state index contributed by atoms with van der Waals surface area (Å²) in [6.45, 7) is 9.60. The quantitative estimate of drug-likeness (QED) is 0.336. The number of hydrogen-bond acceptors (Lipinski definition) is 4. The summed E-state index contributed by atoms with van der Waals surface area (Å²) in [5, 5.41) is 9.19. The monoisotopic (exact) mass is 404 g/mol. The minimum absolute atomic E-state index is 0. The molecule has 2 N–H and O–H groups in total. The minimum Gasteiger partial charge on any atom is -0.686 e. The van der Waals surface area contributed by atoms with E-state index in [0.29, 0.717) is 0 Å². The number of rotatable bonds is 11. The van der Waals surface area contributed by atoms with Gasteiger partial charge in [0, 0.05) is 42.6 Å². The molecule has 25 heavy (non-hydrogen) atoms. The molecule has 0 saturated carbocycles. The predicted octanol–water partition coefficient (Wildman–Crippen LogP) is 0.765. The maximum absolute atomic E-state index is 5.46. The molecule has 136 valence electrons. The zero-order valence-electron chi connectivity index (χ0n) is 15.4. The molecule has 1 aromatic rings. The van der Waals surface area contributed by atoms with E-state index in [-0.39, 0.29) is 57.3 Å². The van der Waals surface area contributed by atoms with Gasteiger partial charge in [-0.3, -0.25) is 0 Å². The second kappa shape index (κ2) is 15.1. The normalized spacial score (nSPS) is 15.5. The summed E-state index contributed by atoms with van der Waals surface area (Å²) >= 11 is 3.90. The second-order valence-corrected chi connectivity index (χ2v) is 8.30. The molecule has 1 heterocycles. The Bertz CT molecular complexity index is 441. The average molecular weight is 405 g/mol. The molecular weight excluding hydrogens is 375 g/mol. The van der Waals surface area contributed by atoms with E-state index in [0.717, 1.165) is 56.5 Å². The summed E-state index contributed by atoms with van der Waals surface area (Å²) in [4.78, 5) is 2.45. The van der Waals surface area contributed by atoms with Crippen molar-refractivity contribution in [2.24, 2.45) is 11.7 Å².